The third-order valence-electron chi connectivity index (χ3n) is 3.65. The van der Waals surface area contributed by atoms with Crippen LogP contribution >= 0.6 is 0 Å². The van der Waals surface area contributed by atoms with Gasteiger partial charge in [0.25, 0.3) is 5.91 Å². The number of anilines is 1. The lowest BCUT2D eigenvalue weighted by Crippen LogP contribution is -2.38. The number of aldehydes is 1. The Hall–Kier alpha value is -2.62. The maximum Gasteiger partial charge on any atom is 0.265 e. The summed E-state index contributed by atoms with van der Waals surface area (Å²) in [5.41, 5.74) is 3.39. The molecule has 0 bridgehead atoms. The minimum Gasteiger partial charge on any atom is -0.482 e. The fourth-order valence-corrected chi connectivity index (χ4v) is 2.42. The molecule has 0 spiro atoms. The summed E-state index contributed by atoms with van der Waals surface area (Å²) in [6.07, 6.45) is 0.769. The highest BCUT2D eigenvalue weighted by Gasteiger charge is 2.26. The summed E-state index contributed by atoms with van der Waals surface area (Å²) in [7, 11) is 0. The molecule has 0 aliphatic carbocycles. The first-order valence-corrected chi connectivity index (χ1v) is 6.76. The first kappa shape index (κ1) is 13.4. The van der Waals surface area contributed by atoms with Gasteiger partial charge in [-0.1, -0.05) is 24.3 Å². The maximum absolute atomic E-state index is 12.2. The monoisotopic (exact) mass is 281 g/mol. The molecule has 21 heavy (non-hydrogen) atoms. The normalized spacial score (nSPS) is 13.6. The van der Waals surface area contributed by atoms with Crippen molar-refractivity contribution in [2.24, 2.45) is 0 Å². The lowest BCUT2D eigenvalue weighted by molar-refractivity contribution is -0.121. The Morgan fingerprint density at radius 1 is 1.24 bits per heavy atom. The zero-order valence-electron chi connectivity index (χ0n) is 11.7. The molecule has 1 heterocycles. The number of fused-ring (bicyclic) bond motifs is 1. The van der Waals surface area contributed by atoms with Crippen LogP contribution < -0.4 is 9.64 Å². The number of nitrogens with zero attached hydrogens (tertiary/aromatic N) is 1. The van der Waals surface area contributed by atoms with E-state index >= 15 is 0 Å². The highest BCUT2D eigenvalue weighted by Crippen LogP contribution is 2.34. The van der Waals surface area contributed by atoms with Gasteiger partial charge in [-0.25, -0.2) is 0 Å². The van der Waals surface area contributed by atoms with Crippen molar-refractivity contribution in [3.63, 3.8) is 0 Å². The minimum absolute atomic E-state index is 0.0271. The Bertz CT molecular complexity index is 709. The average molecular weight is 281 g/mol. The number of hydrogen-bond acceptors (Lipinski definition) is 3. The summed E-state index contributed by atoms with van der Waals surface area (Å²) >= 11 is 0. The van der Waals surface area contributed by atoms with E-state index in [1.807, 2.05) is 31.2 Å². The van der Waals surface area contributed by atoms with Crippen molar-refractivity contribution in [1.82, 2.24) is 0 Å². The average Bonchev–Trinajstić information content (AvgIpc) is 2.51. The second-order valence-electron chi connectivity index (χ2n) is 5.04. The molecule has 0 atom stereocenters. The molecule has 4 nitrogen and oxygen atoms in total. The summed E-state index contributed by atoms with van der Waals surface area (Å²) in [4.78, 5) is 24.8. The van der Waals surface area contributed by atoms with Gasteiger partial charge in [0.05, 0.1) is 12.2 Å². The smallest absolute Gasteiger partial charge is 0.265 e. The lowest BCUT2D eigenvalue weighted by Gasteiger charge is -2.30. The zero-order chi connectivity index (χ0) is 14.8. The molecule has 0 saturated carbocycles. The SMILES string of the molecule is Cc1ccccc1CN1C(=O)COc2ccc(C=O)cc21. The molecule has 1 aliphatic rings. The van der Waals surface area contributed by atoms with Crippen molar-refractivity contribution >= 4 is 17.9 Å². The number of aryl methyl sites for hydroxylation is 1. The van der Waals surface area contributed by atoms with Gasteiger partial charge < -0.3 is 9.64 Å². The number of rotatable bonds is 3. The summed E-state index contributed by atoms with van der Waals surface area (Å²) in [5, 5.41) is 0. The van der Waals surface area contributed by atoms with E-state index in [4.69, 9.17) is 4.74 Å². The molecule has 0 unspecified atom stereocenters. The van der Waals surface area contributed by atoms with E-state index in [2.05, 4.69) is 0 Å². The summed E-state index contributed by atoms with van der Waals surface area (Å²) in [6, 6.07) is 13.1. The second-order valence-corrected chi connectivity index (χ2v) is 5.04. The van der Waals surface area contributed by atoms with Crippen LogP contribution in [0.2, 0.25) is 0 Å². The van der Waals surface area contributed by atoms with Crippen LogP contribution in [0.4, 0.5) is 5.69 Å². The van der Waals surface area contributed by atoms with E-state index in [-0.39, 0.29) is 12.5 Å². The molecule has 2 aromatic carbocycles. The van der Waals surface area contributed by atoms with Gasteiger partial charge in [-0.05, 0) is 36.2 Å². The van der Waals surface area contributed by atoms with Gasteiger partial charge in [-0.3, -0.25) is 9.59 Å². The number of benzene rings is 2. The predicted octanol–water partition coefficient (Wildman–Crippen LogP) is 2.73. The summed E-state index contributed by atoms with van der Waals surface area (Å²) in [6.45, 7) is 2.52. The van der Waals surface area contributed by atoms with Crippen LogP contribution in [-0.2, 0) is 11.3 Å². The highest BCUT2D eigenvalue weighted by atomic mass is 16.5. The van der Waals surface area contributed by atoms with Crippen LogP contribution in [0.25, 0.3) is 0 Å². The van der Waals surface area contributed by atoms with Gasteiger partial charge in [0.2, 0.25) is 0 Å². The standard InChI is InChI=1S/C17H15NO3/c1-12-4-2-3-5-14(12)9-18-15-8-13(10-19)6-7-16(15)21-11-17(18)20/h2-8,10H,9,11H2,1H3. The number of hydrogen-bond donors (Lipinski definition) is 0. The molecule has 0 aromatic heterocycles. The van der Waals surface area contributed by atoms with Crippen molar-refractivity contribution in [3.05, 3.63) is 59.2 Å². The Labute approximate surface area is 123 Å². The first-order chi connectivity index (χ1) is 10.2. The van der Waals surface area contributed by atoms with E-state index in [1.54, 1.807) is 23.1 Å². The van der Waals surface area contributed by atoms with Crippen molar-refractivity contribution in [1.29, 1.82) is 0 Å². The number of carbonyl (C=O) groups excluding carboxylic acids is 2. The molecule has 1 aliphatic heterocycles. The largest absolute Gasteiger partial charge is 0.482 e. The van der Waals surface area contributed by atoms with Crippen molar-refractivity contribution < 1.29 is 14.3 Å². The molecular formula is C17H15NO3. The van der Waals surface area contributed by atoms with Crippen molar-refractivity contribution in [2.45, 2.75) is 13.5 Å². The number of amides is 1. The third-order valence-corrected chi connectivity index (χ3v) is 3.65. The summed E-state index contributed by atoms with van der Waals surface area (Å²) < 4.78 is 5.43. The van der Waals surface area contributed by atoms with Crippen LogP contribution in [-0.4, -0.2) is 18.8 Å². The Kier molecular flexibility index (Phi) is 3.44. The summed E-state index contributed by atoms with van der Waals surface area (Å²) in [5.74, 6) is 0.530. The fraction of sp³-hybridized carbons (Fsp3) is 0.176. The fourth-order valence-electron chi connectivity index (χ4n) is 2.42. The van der Waals surface area contributed by atoms with Crippen LogP contribution in [0.1, 0.15) is 21.5 Å². The van der Waals surface area contributed by atoms with Crippen LogP contribution in [0, 0.1) is 6.92 Å². The van der Waals surface area contributed by atoms with Crippen molar-refractivity contribution in [3.8, 4) is 5.75 Å². The second kappa shape index (κ2) is 5.40. The van der Waals surface area contributed by atoms with Gasteiger partial charge in [0.1, 0.15) is 12.0 Å². The molecule has 2 aromatic rings. The molecule has 0 saturated heterocycles. The molecule has 1 amide bonds. The third kappa shape index (κ3) is 2.52. The van der Waals surface area contributed by atoms with Crippen LogP contribution in [0.15, 0.2) is 42.5 Å². The number of ether oxygens (including phenoxy) is 1. The minimum atomic E-state index is -0.103. The Morgan fingerprint density at radius 2 is 2.05 bits per heavy atom. The molecular weight excluding hydrogens is 266 g/mol. The topological polar surface area (TPSA) is 46.6 Å². The van der Waals surface area contributed by atoms with E-state index in [9.17, 15) is 9.59 Å². The highest BCUT2D eigenvalue weighted by molar-refractivity contribution is 5.98. The van der Waals surface area contributed by atoms with Crippen LogP contribution in [0.3, 0.4) is 0 Å². The van der Waals surface area contributed by atoms with Crippen molar-refractivity contribution in [2.75, 3.05) is 11.5 Å². The molecule has 0 fully saturated rings. The van der Waals surface area contributed by atoms with E-state index in [0.29, 0.717) is 23.5 Å². The van der Waals surface area contributed by atoms with E-state index in [1.165, 1.54) is 0 Å². The van der Waals surface area contributed by atoms with Gasteiger partial charge >= 0.3 is 0 Å². The Balaban J connectivity index is 2.01. The molecule has 0 radical (unpaired) electrons. The Morgan fingerprint density at radius 3 is 2.81 bits per heavy atom. The molecule has 0 N–H and O–H groups in total. The first-order valence-electron chi connectivity index (χ1n) is 6.76. The molecule has 106 valence electrons. The predicted molar refractivity (Wildman–Crippen MR) is 79.7 cm³/mol. The lowest BCUT2D eigenvalue weighted by atomic mass is 10.1. The van der Waals surface area contributed by atoms with Gasteiger partial charge in [-0.2, -0.15) is 0 Å². The molecule has 4 heteroatoms. The zero-order valence-corrected chi connectivity index (χ0v) is 11.7. The van der Waals surface area contributed by atoms with Gasteiger partial charge in [-0.15, -0.1) is 0 Å². The molecule has 3 rings (SSSR count). The van der Waals surface area contributed by atoms with Crippen LogP contribution in [0.5, 0.6) is 5.75 Å². The quantitative estimate of drug-likeness (QED) is 0.813. The van der Waals surface area contributed by atoms with Gasteiger partial charge in [0.15, 0.2) is 6.61 Å². The van der Waals surface area contributed by atoms with Gasteiger partial charge in [0, 0.05) is 5.56 Å². The number of carbonyl (C=O) groups is 2. The van der Waals surface area contributed by atoms with E-state index < -0.39 is 0 Å². The van der Waals surface area contributed by atoms with E-state index in [0.717, 1.165) is 17.4 Å². The maximum atomic E-state index is 12.2.